The van der Waals surface area contributed by atoms with Gasteiger partial charge in [0, 0.05) is 10.9 Å². The van der Waals surface area contributed by atoms with E-state index in [1.54, 1.807) is 4.88 Å². The molecule has 0 amide bonds. The summed E-state index contributed by atoms with van der Waals surface area (Å²) in [6.07, 6.45) is 5.65. The molecular formula is C15H22BrNS. The lowest BCUT2D eigenvalue weighted by Crippen LogP contribution is -2.24. The van der Waals surface area contributed by atoms with Crippen molar-refractivity contribution in [2.75, 3.05) is 6.54 Å². The maximum atomic E-state index is 3.81. The highest BCUT2D eigenvalue weighted by molar-refractivity contribution is 9.11. The van der Waals surface area contributed by atoms with Gasteiger partial charge in [0.25, 0.3) is 0 Å². The Balaban J connectivity index is 1.77. The highest BCUT2D eigenvalue weighted by Gasteiger charge is 2.56. The first-order valence-electron chi connectivity index (χ1n) is 7.21. The van der Waals surface area contributed by atoms with Crippen LogP contribution in [0.3, 0.4) is 0 Å². The monoisotopic (exact) mass is 327 g/mol. The SMILES string of the molecule is CCCNC(c1cc(C)c(Br)s1)C1C2CCCC21. The Labute approximate surface area is 122 Å². The summed E-state index contributed by atoms with van der Waals surface area (Å²) in [5.74, 6) is 2.98. The van der Waals surface area contributed by atoms with Crippen LogP contribution in [0.15, 0.2) is 9.85 Å². The molecule has 0 radical (unpaired) electrons. The highest BCUT2D eigenvalue weighted by atomic mass is 79.9. The first kappa shape index (κ1) is 13.1. The molecule has 3 heteroatoms. The van der Waals surface area contributed by atoms with E-state index in [4.69, 9.17) is 0 Å². The Bertz CT molecular complexity index is 399. The molecule has 2 fully saturated rings. The van der Waals surface area contributed by atoms with Gasteiger partial charge in [-0.2, -0.15) is 0 Å². The van der Waals surface area contributed by atoms with Crippen molar-refractivity contribution in [1.82, 2.24) is 5.32 Å². The number of rotatable bonds is 5. The van der Waals surface area contributed by atoms with Gasteiger partial charge in [-0.15, -0.1) is 11.3 Å². The molecule has 2 saturated carbocycles. The van der Waals surface area contributed by atoms with Gasteiger partial charge in [0.2, 0.25) is 0 Å². The van der Waals surface area contributed by atoms with E-state index in [2.05, 4.69) is 41.2 Å². The van der Waals surface area contributed by atoms with E-state index in [-0.39, 0.29) is 0 Å². The van der Waals surface area contributed by atoms with E-state index < -0.39 is 0 Å². The van der Waals surface area contributed by atoms with Crippen LogP contribution in [-0.4, -0.2) is 6.54 Å². The maximum absolute atomic E-state index is 3.81. The summed E-state index contributed by atoms with van der Waals surface area (Å²) in [6, 6.07) is 3.01. The molecule has 2 aliphatic carbocycles. The second-order valence-electron chi connectivity index (χ2n) is 5.87. The lowest BCUT2D eigenvalue weighted by Gasteiger charge is -2.19. The van der Waals surface area contributed by atoms with Gasteiger partial charge >= 0.3 is 0 Å². The molecule has 0 bridgehead atoms. The predicted octanol–water partition coefficient (Wildman–Crippen LogP) is 4.91. The molecular weight excluding hydrogens is 306 g/mol. The average Bonchev–Trinajstić information content (AvgIpc) is 2.72. The zero-order valence-electron chi connectivity index (χ0n) is 11.2. The number of halogens is 1. The van der Waals surface area contributed by atoms with Crippen molar-refractivity contribution in [3.63, 3.8) is 0 Å². The quantitative estimate of drug-likeness (QED) is 0.810. The van der Waals surface area contributed by atoms with Gasteiger partial charge in [0.05, 0.1) is 3.79 Å². The zero-order chi connectivity index (χ0) is 12.7. The molecule has 0 aliphatic heterocycles. The summed E-state index contributed by atoms with van der Waals surface area (Å²) in [5, 5.41) is 3.81. The van der Waals surface area contributed by atoms with Crippen LogP contribution < -0.4 is 5.32 Å². The summed E-state index contributed by atoms with van der Waals surface area (Å²) in [6.45, 7) is 5.61. The Morgan fingerprint density at radius 2 is 2.17 bits per heavy atom. The van der Waals surface area contributed by atoms with E-state index in [0.29, 0.717) is 6.04 Å². The third-order valence-corrected chi connectivity index (χ3v) is 6.87. The number of hydrogen-bond acceptors (Lipinski definition) is 2. The first-order chi connectivity index (χ1) is 8.72. The fourth-order valence-electron chi connectivity index (χ4n) is 3.73. The minimum atomic E-state index is 0.621. The summed E-state index contributed by atoms with van der Waals surface area (Å²) >= 11 is 5.61. The summed E-state index contributed by atoms with van der Waals surface area (Å²) in [4.78, 5) is 1.55. The molecule has 1 heterocycles. The summed E-state index contributed by atoms with van der Waals surface area (Å²) < 4.78 is 1.31. The van der Waals surface area contributed by atoms with Gasteiger partial charge in [-0.1, -0.05) is 13.3 Å². The van der Waals surface area contributed by atoms with Gasteiger partial charge in [0.1, 0.15) is 0 Å². The van der Waals surface area contributed by atoms with Crippen molar-refractivity contribution in [3.8, 4) is 0 Å². The van der Waals surface area contributed by atoms with Crippen molar-refractivity contribution in [1.29, 1.82) is 0 Å². The molecule has 0 spiro atoms. The largest absolute Gasteiger partial charge is 0.309 e. The number of nitrogens with one attached hydrogen (secondary N) is 1. The normalized spacial score (nSPS) is 31.4. The van der Waals surface area contributed by atoms with Crippen LogP contribution in [-0.2, 0) is 0 Å². The van der Waals surface area contributed by atoms with Crippen LogP contribution in [0.4, 0.5) is 0 Å². The van der Waals surface area contributed by atoms with Crippen LogP contribution in [0.5, 0.6) is 0 Å². The second-order valence-corrected chi connectivity index (χ2v) is 8.27. The van der Waals surface area contributed by atoms with Crippen molar-refractivity contribution in [2.24, 2.45) is 17.8 Å². The van der Waals surface area contributed by atoms with Crippen LogP contribution in [0.25, 0.3) is 0 Å². The molecule has 1 nitrogen and oxygen atoms in total. The summed E-state index contributed by atoms with van der Waals surface area (Å²) in [5.41, 5.74) is 1.39. The Hall–Kier alpha value is 0.140. The molecule has 1 N–H and O–H groups in total. The number of fused-ring (bicyclic) bond motifs is 1. The van der Waals surface area contributed by atoms with E-state index in [0.717, 1.165) is 24.3 Å². The van der Waals surface area contributed by atoms with Crippen molar-refractivity contribution in [3.05, 3.63) is 20.3 Å². The fraction of sp³-hybridized carbons (Fsp3) is 0.733. The van der Waals surface area contributed by atoms with Crippen molar-refractivity contribution in [2.45, 2.75) is 45.6 Å². The third kappa shape index (κ3) is 2.30. The van der Waals surface area contributed by atoms with E-state index in [1.165, 1.54) is 35.0 Å². The Morgan fingerprint density at radius 3 is 2.72 bits per heavy atom. The van der Waals surface area contributed by atoms with Crippen LogP contribution in [0, 0.1) is 24.7 Å². The smallest absolute Gasteiger partial charge is 0.0731 e. The van der Waals surface area contributed by atoms with E-state index >= 15 is 0 Å². The number of thiophene rings is 1. The average molecular weight is 328 g/mol. The minimum absolute atomic E-state index is 0.621. The molecule has 3 rings (SSSR count). The Kier molecular flexibility index (Phi) is 3.84. The lowest BCUT2D eigenvalue weighted by molar-refractivity contribution is 0.423. The van der Waals surface area contributed by atoms with Gasteiger partial charge < -0.3 is 5.32 Å². The van der Waals surface area contributed by atoms with E-state index in [1.807, 2.05) is 11.3 Å². The molecule has 2 aliphatic rings. The van der Waals surface area contributed by atoms with Gasteiger partial charge in [-0.25, -0.2) is 0 Å². The number of hydrogen-bond donors (Lipinski definition) is 1. The summed E-state index contributed by atoms with van der Waals surface area (Å²) in [7, 11) is 0. The molecule has 3 atom stereocenters. The van der Waals surface area contributed by atoms with Crippen molar-refractivity contribution < 1.29 is 0 Å². The zero-order valence-corrected chi connectivity index (χ0v) is 13.6. The fourth-order valence-corrected chi connectivity index (χ4v) is 5.44. The second kappa shape index (κ2) is 5.26. The van der Waals surface area contributed by atoms with Crippen molar-refractivity contribution >= 4 is 27.3 Å². The first-order valence-corrected chi connectivity index (χ1v) is 8.82. The predicted molar refractivity (Wildman–Crippen MR) is 82.1 cm³/mol. The van der Waals surface area contributed by atoms with Crippen LogP contribution >= 0.6 is 27.3 Å². The molecule has 0 saturated heterocycles. The van der Waals surface area contributed by atoms with Crippen LogP contribution in [0.2, 0.25) is 0 Å². The number of aryl methyl sites for hydroxylation is 1. The molecule has 100 valence electrons. The van der Waals surface area contributed by atoms with Crippen LogP contribution in [0.1, 0.15) is 49.1 Å². The topological polar surface area (TPSA) is 12.0 Å². The maximum Gasteiger partial charge on any atom is 0.0731 e. The minimum Gasteiger partial charge on any atom is -0.309 e. The van der Waals surface area contributed by atoms with E-state index in [9.17, 15) is 0 Å². The molecule has 3 unspecified atom stereocenters. The van der Waals surface area contributed by atoms with Gasteiger partial charge in [0.15, 0.2) is 0 Å². The Morgan fingerprint density at radius 1 is 1.44 bits per heavy atom. The standard InChI is InChI=1S/C15H22BrNS/c1-3-7-17-14(12-8-9(2)15(16)18-12)13-10-5-4-6-11(10)13/h8,10-11,13-14,17H,3-7H2,1-2H3. The third-order valence-electron chi connectivity index (χ3n) is 4.65. The molecule has 0 aromatic carbocycles. The van der Waals surface area contributed by atoms with Gasteiger partial charge in [-0.05, 0) is 78.0 Å². The van der Waals surface area contributed by atoms with Gasteiger partial charge in [-0.3, -0.25) is 0 Å². The lowest BCUT2D eigenvalue weighted by atomic mass is 10.0. The molecule has 1 aromatic rings. The molecule has 18 heavy (non-hydrogen) atoms. The molecule has 1 aromatic heterocycles. The highest BCUT2D eigenvalue weighted by Crippen LogP contribution is 2.62.